The van der Waals surface area contributed by atoms with E-state index in [4.69, 9.17) is 0 Å². The van der Waals surface area contributed by atoms with E-state index in [2.05, 4.69) is 41.2 Å². The Kier molecular flexibility index (Phi) is 3.25. The number of aliphatic hydroxyl groups excluding tert-OH is 1. The van der Waals surface area contributed by atoms with Crippen LogP contribution in [0, 0.1) is 0 Å². The van der Waals surface area contributed by atoms with Gasteiger partial charge in [-0.25, -0.2) is 0 Å². The fourth-order valence-electron chi connectivity index (χ4n) is 2.82. The number of aromatic nitrogens is 2. The topological polar surface area (TPSA) is 41.3 Å². The van der Waals surface area contributed by atoms with E-state index < -0.39 is 6.10 Å². The number of anilines is 1. The van der Waals surface area contributed by atoms with Gasteiger partial charge < -0.3 is 10.0 Å². The summed E-state index contributed by atoms with van der Waals surface area (Å²) in [4.78, 5) is 2.30. The molecule has 19 heavy (non-hydrogen) atoms. The van der Waals surface area contributed by atoms with Crippen LogP contribution in [0.3, 0.4) is 0 Å². The molecule has 4 nitrogen and oxygen atoms in total. The van der Waals surface area contributed by atoms with Crippen molar-refractivity contribution >= 4 is 5.69 Å². The van der Waals surface area contributed by atoms with Crippen molar-refractivity contribution in [1.29, 1.82) is 0 Å². The lowest BCUT2D eigenvalue weighted by Gasteiger charge is -2.27. The van der Waals surface area contributed by atoms with Gasteiger partial charge in [-0.2, -0.15) is 5.10 Å². The minimum Gasteiger partial charge on any atom is -0.389 e. The van der Waals surface area contributed by atoms with Gasteiger partial charge in [0.2, 0.25) is 0 Å². The van der Waals surface area contributed by atoms with Crippen LogP contribution in [-0.4, -0.2) is 33.6 Å². The molecule has 1 aliphatic rings. The molecule has 2 aromatic rings. The molecule has 3 rings (SSSR count). The first kappa shape index (κ1) is 12.2. The van der Waals surface area contributed by atoms with Crippen LogP contribution < -0.4 is 4.90 Å². The SMILES string of the molecule is C[C@@H]1Cc2ccccc2N1C[C@@H](O)Cn1cccn1. The van der Waals surface area contributed by atoms with E-state index in [0.717, 1.165) is 6.42 Å². The predicted octanol–water partition coefficient (Wildman–Crippen LogP) is 1.70. The zero-order valence-corrected chi connectivity index (χ0v) is 11.1. The summed E-state index contributed by atoms with van der Waals surface area (Å²) in [5.41, 5.74) is 2.64. The number of hydrogen-bond donors (Lipinski definition) is 1. The molecule has 100 valence electrons. The van der Waals surface area contributed by atoms with Crippen molar-refractivity contribution in [3.05, 3.63) is 48.3 Å². The molecule has 0 amide bonds. The van der Waals surface area contributed by atoms with Crippen LogP contribution in [0.15, 0.2) is 42.7 Å². The first-order valence-electron chi connectivity index (χ1n) is 6.74. The zero-order chi connectivity index (χ0) is 13.2. The van der Waals surface area contributed by atoms with Gasteiger partial charge in [-0.15, -0.1) is 0 Å². The van der Waals surface area contributed by atoms with Crippen molar-refractivity contribution in [1.82, 2.24) is 9.78 Å². The number of benzene rings is 1. The summed E-state index contributed by atoms with van der Waals surface area (Å²) in [6, 6.07) is 10.8. The molecule has 0 unspecified atom stereocenters. The van der Waals surface area contributed by atoms with Gasteiger partial charge >= 0.3 is 0 Å². The summed E-state index contributed by atoms with van der Waals surface area (Å²) >= 11 is 0. The third-order valence-corrected chi connectivity index (χ3v) is 3.71. The third-order valence-electron chi connectivity index (χ3n) is 3.71. The van der Waals surface area contributed by atoms with Crippen molar-refractivity contribution in [2.24, 2.45) is 0 Å². The lowest BCUT2D eigenvalue weighted by atomic mass is 10.1. The van der Waals surface area contributed by atoms with E-state index in [0.29, 0.717) is 19.1 Å². The van der Waals surface area contributed by atoms with Crippen LogP contribution >= 0.6 is 0 Å². The molecule has 2 atom stereocenters. The maximum Gasteiger partial charge on any atom is 0.0910 e. The molecule has 1 N–H and O–H groups in total. The van der Waals surface area contributed by atoms with Crippen LogP contribution in [0.5, 0.6) is 0 Å². The Morgan fingerprint density at radius 2 is 2.16 bits per heavy atom. The van der Waals surface area contributed by atoms with Gasteiger partial charge in [0, 0.05) is 30.7 Å². The number of rotatable bonds is 4. The number of hydrogen-bond acceptors (Lipinski definition) is 3. The van der Waals surface area contributed by atoms with E-state index in [1.807, 2.05) is 12.3 Å². The van der Waals surface area contributed by atoms with Gasteiger partial charge in [-0.05, 0) is 31.0 Å². The first-order chi connectivity index (χ1) is 9.24. The summed E-state index contributed by atoms with van der Waals surface area (Å²) in [7, 11) is 0. The number of fused-ring (bicyclic) bond motifs is 1. The molecule has 1 aromatic heterocycles. The van der Waals surface area contributed by atoms with Crippen LogP contribution in [-0.2, 0) is 13.0 Å². The highest BCUT2D eigenvalue weighted by atomic mass is 16.3. The van der Waals surface area contributed by atoms with Crippen LogP contribution in [0.25, 0.3) is 0 Å². The van der Waals surface area contributed by atoms with Gasteiger partial charge in [-0.3, -0.25) is 4.68 Å². The summed E-state index contributed by atoms with van der Waals surface area (Å²) < 4.78 is 1.78. The van der Waals surface area contributed by atoms with Gasteiger partial charge in [-0.1, -0.05) is 18.2 Å². The Labute approximate surface area is 113 Å². The predicted molar refractivity (Wildman–Crippen MR) is 75.2 cm³/mol. The Bertz CT molecular complexity index is 538. The van der Waals surface area contributed by atoms with Crippen molar-refractivity contribution in [2.45, 2.75) is 32.0 Å². The third kappa shape index (κ3) is 2.49. The van der Waals surface area contributed by atoms with E-state index in [1.54, 1.807) is 10.9 Å². The molecule has 2 heterocycles. The Balaban J connectivity index is 1.69. The van der Waals surface area contributed by atoms with Crippen molar-refractivity contribution in [2.75, 3.05) is 11.4 Å². The number of aliphatic hydroxyl groups is 1. The highest BCUT2D eigenvalue weighted by molar-refractivity contribution is 5.59. The smallest absolute Gasteiger partial charge is 0.0910 e. The van der Waals surface area contributed by atoms with Gasteiger partial charge in [0.15, 0.2) is 0 Å². The molecular weight excluding hydrogens is 238 g/mol. The van der Waals surface area contributed by atoms with Crippen molar-refractivity contribution in [3.63, 3.8) is 0 Å². The largest absolute Gasteiger partial charge is 0.389 e. The monoisotopic (exact) mass is 257 g/mol. The maximum absolute atomic E-state index is 10.2. The normalized spacial score (nSPS) is 19.5. The average Bonchev–Trinajstić information content (AvgIpc) is 2.99. The van der Waals surface area contributed by atoms with E-state index in [1.165, 1.54) is 11.3 Å². The molecule has 0 fully saturated rings. The lowest BCUT2D eigenvalue weighted by Crippen LogP contribution is -2.38. The fraction of sp³-hybridized carbons (Fsp3) is 0.400. The molecule has 0 saturated heterocycles. The molecular formula is C15H19N3O. The maximum atomic E-state index is 10.2. The zero-order valence-electron chi connectivity index (χ0n) is 11.1. The van der Waals surface area contributed by atoms with Crippen LogP contribution in [0.2, 0.25) is 0 Å². The second-order valence-corrected chi connectivity index (χ2v) is 5.22. The average molecular weight is 257 g/mol. The van der Waals surface area contributed by atoms with Crippen molar-refractivity contribution in [3.8, 4) is 0 Å². The highest BCUT2D eigenvalue weighted by Crippen LogP contribution is 2.31. The summed E-state index contributed by atoms with van der Waals surface area (Å²) in [6.45, 7) is 3.40. The molecule has 4 heteroatoms. The second kappa shape index (κ2) is 5.05. The highest BCUT2D eigenvalue weighted by Gasteiger charge is 2.27. The molecule has 0 aliphatic carbocycles. The van der Waals surface area contributed by atoms with Crippen molar-refractivity contribution < 1.29 is 5.11 Å². The van der Waals surface area contributed by atoms with Gasteiger partial charge in [0.1, 0.15) is 0 Å². The number of para-hydroxylation sites is 1. The molecule has 0 bridgehead atoms. The Morgan fingerprint density at radius 3 is 2.95 bits per heavy atom. The minimum atomic E-state index is -0.409. The Hall–Kier alpha value is -1.81. The number of β-amino-alcohol motifs (C(OH)–C–C–N with tert-alkyl or cyclic N) is 1. The van der Waals surface area contributed by atoms with E-state index >= 15 is 0 Å². The van der Waals surface area contributed by atoms with Crippen LogP contribution in [0.4, 0.5) is 5.69 Å². The minimum absolute atomic E-state index is 0.409. The summed E-state index contributed by atoms with van der Waals surface area (Å²) in [5.74, 6) is 0. The fourth-order valence-corrected chi connectivity index (χ4v) is 2.82. The number of nitrogens with zero attached hydrogens (tertiary/aromatic N) is 3. The molecule has 0 radical (unpaired) electrons. The second-order valence-electron chi connectivity index (χ2n) is 5.22. The molecule has 1 aliphatic heterocycles. The molecule has 0 spiro atoms. The van der Waals surface area contributed by atoms with E-state index in [9.17, 15) is 5.11 Å². The lowest BCUT2D eigenvalue weighted by molar-refractivity contribution is 0.153. The standard InChI is InChI=1S/C15H19N3O/c1-12-9-13-5-2-3-6-15(13)18(12)11-14(19)10-17-8-4-7-16-17/h2-8,12,14,19H,9-11H2,1H3/t12-,14+/m1/s1. The quantitative estimate of drug-likeness (QED) is 0.906. The van der Waals surface area contributed by atoms with E-state index in [-0.39, 0.29) is 0 Å². The summed E-state index contributed by atoms with van der Waals surface area (Å²) in [6.07, 6.45) is 4.27. The summed E-state index contributed by atoms with van der Waals surface area (Å²) in [5, 5.41) is 14.4. The van der Waals surface area contributed by atoms with Gasteiger partial charge in [0.25, 0.3) is 0 Å². The molecule has 1 aromatic carbocycles. The van der Waals surface area contributed by atoms with Crippen LogP contribution in [0.1, 0.15) is 12.5 Å². The Morgan fingerprint density at radius 1 is 1.32 bits per heavy atom. The van der Waals surface area contributed by atoms with Gasteiger partial charge in [0.05, 0.1) is 12.6 Å². The first-order valence-corrected chi connectivity index (χ1v) is 6.74. The molecule has 0 saturated carbocycles.